The molecule has 2 amide bonds. The van der Waals surface area contributed by atoms with E-state index in [1.54, 1.807) is 48.5 Å². The van der Waals surface area contributed by atoms with Crippen LogP contribution in [0.2, 0.25) is 10.0 Å². The fourth-order valence-corrected chi connectivity index (χ4v) is 4.29. The lowest BCUT2D eigenvalue weighted by atomic mass is 10.2. The third kappa shape index (κ3) is 7.74. The van der Waals surface area contributed by atoms with Gasteiger partial charge in [0, 0.05) is 15.6 Å². The first-order valence-corrected chi connectivity index (χ1v) is 12.3. The maximum absolute atomic E-state index is 12.2. The van der Waals surface area contributed by atoms with E-state index >= 15 is 0 Å². The van der Waals surface area contributed by atoms with Gasteiger partial charge in [-0.05, 0) is 64.6 Å². The van der Waals surface area contributed by atoms with E-state index in [9.17, 15) is 9.59 Å². The number of rotatable bonds is 10. The van der Waals surface area contributed by atoms with Gasteiger partial charge in [-0.15, -0.1) is 0 Å². The summed E-state index contributed by atoms with van der Waals surface area (Å²) in [6.45, 7) is 0.225. The van der Waals surface area contributed by atoms with Gasteiger partial charge in [0.25, 0.3) is 0 Å². The van der Waals surface area contributed by atoms with Crippen LogP contribution < -0.4 is 25.0 Å². The number of hydrogen-bond acceptors (Lipinski definition) is 6. The lowest BCUT2D eigenvalue weighted by Crippen LogP contribution is -2.24. The van der Waals surface area contributed by atoms with E-state index < -0.39 is 18.2 Å². The van der Waals surface area contributed by atoms with Crippen molar-refractivity contribution >= 4 is 69.5 Å². The number of nitrogens with one attached hydrogen (secondary N) is 2. The highest BCUT2D eigenvalue weighted by molar-refractivity contribution is 14.1. The summed E-state index contributed by atoms with van der Waals surface area (Å²) in [6.07, 6.45) is 1.04. The number of anilines is 1. The van der Waals surface area contributed by atoms with E-state index in [1.807, 2.05) is 6.07 Å². The molecule has 0 radical (unpaired) electrons. The molecule has 3 rings (SSSR count). The van der Waals surface area contributed by atoms with Gasteiger partial charge < -0.3 is 19.5 Å². The molecule has 0 heterocycles. The largest absolute Gasteiger partial charge is 0.495 e. The molecule has 0 bridgehead atoms. The SMILES string of the molecule is COc1ccccc1NC(=O)CC(=O)NN=Cc1cc(I)c(OCc2ccc(Cl)cc2Cl)c(OC)c1. The Kier molecular flexibility index (Phi) is 10.2. The number of para-hydroxylation sites is 2. The van der Waals surface area contributed by atoms with Crippen LogP contribution in [0.3, 0.4) is 0 Å². The monoisotopic (exact) mass is 641 g/mol. The Labute approximate surface area is 232 Å². The summed E-state index contributed by atoms with van der Waals surface area (Å²) in [7, 11) is 3.02. The molecule has 3 aromatic rings. The Hall–Kier alpha value is -3.02. The van der Waals surface area contributed by atoms with Crippen molar-refractivity contribution in [1.29, 1.82) is 0 Å². The molecule has 0 aliphatic rings. The molecule has 0 saturated heterocycles. The zero-order valence-corrected chi connectivity index (χ0v) is 23.0. The van der Waals surface area contributed by atoms with Gasteiger partial charge in [0.1, 0.15) is 18.8 Å². The molecule has 0 atom stereocenters. The number of carbonyl (C=O) groups is 2. The second-order valence-corrected chi connectivity index (χ2v) is 9.28. The number of nitrogens with zero attached hydrogens (tertiary/aromatic N) is 1. The van der Waals surface area contributed by atoms with E-state index in [0.29, 0.717) is 38.5 Å². The van der Waals surface area contributed by atoms with Crippen molar-refractivity contribution in [2.75, 3.05) is 19.5 Å². The van der Waals surface area contributed by atoms with Crippen molar-refractivity contribution in [1.82, 2.24) is 5.43 Å². The predicted octanol–water partition coefficient (Wildman–Crippen LogP) is 5.67. The van der Waals surface area contributed by atoms with Crippen LogP contribution >= 0.6 is 45.8 Å². The predicted molar refractivity (Wildman–Crippen MR) is 148 cm³/mol. The van der Waals surface area contributed by atoms with Crippen LogP contribution in [0.4, 0.5) is 5.69 Å². The Bertz CT molecular complexity index is 1290. The first-order valence-electron chi connectivity index (χ1n) is 10.5. The summed E-state index contributed by atoms with van der Waals surface area (Å²) in [5, 5.41) is 7.62. The van der Waals surface area contributed by atoms with Crippen LogP contribution in [-0.2, 0) is 16.2 Å². The van der Waals surface area contributed by atoms with Gasteiger partial charge >= 0.3 is 0 Å². The Morgan fingerprint density at radius 3 is 2.47 bits per heavy atom. The van der Waals surface area contributed by atoms with Gasteiger partial charge in [-0.1, -0.05) is 41.4 Å². The third-order valence-corrected chi connectivity index (χ3v) is 6.13. The van der Waals surface area contributed by atoms with Crippen LogP contribution in [0.25, 0.3) is 0 Å². The van der Waals surface area contributed by atoms with E-state index in [4.69, 9.17) is 37.4 Å². The molecule has 11 heteroatoms. The third-order valence-electron chi connectivity index (χ3n) is 4.74. The van der Waals surface area contributed by atoms with Crippen LogP contribution in [0.15, 0.2) is 59.7 Å². The van der Waals surface area contributed by atoms with E-state index in [0.717, 1.165) is 9.13 Å². The summed E-state index contributed by atoms with van der Waals surface area (Å²) in [6, 6.07) is 15.6. The minimum Gasteiger partial charge on any atom is -0.495 e. The van der Waals surface area contributed by atoms with E-state index in [1.165, 1.54) is 20.4 Å². The number of ether oxygens (including phenoxy) is 3. The molecule has 0 spiro atoms. The molecule has 0 fully saturated rings. The number of halogens is 3. The minimum absolute atomic E-state index is 0.225. The van der Waals surface area contributed by atoms with Crippen LogP contribution in [0.1, 0.15) is 17.5 Å². The molecule has 36 heavy (non-hydrogen) atoms. The van der Waals surface area contributed by atoms with Crippen LogP contribution in [0.5, 0.6) is 17.2 Å². The van der Waals surface area contributed by atoms with Gasteiger partial charge in [0.15, 0.2) is 11.5 Å². The average Bonchev–Trinajstić information content (AvgIpc) is 2.84. The second kappa shape index (κ2) is 13.3. The molecule has 8 nitrogen and oxygen atoms in total. The Morgan fingerprint density at radius 2 is 1.75 bits per heavy atom. The molecule has 2 N–H and O–H groups in total. The molecule has 0 aromatic heterocycles. The molecule has 0 saturated carbocycles. The average molecular weight is 642 g/mol. The number of hydrogen-bond donors (Lipinski definition) is 2. The first-order chi connectivity index (χ1) is 17.3. The zero-order chi connectivity index (χ0) is 26.1. The molecule has 0 aliphatic heterocycles. The number of hydrazone groups is 1. The van der Waals surface area contributed by atoms with Crippen molar-refractivity contribution < 1.29 is 23.8 Å². The summed E-state index contributed by atoms with van der Waals surface area (Å²) < 4.78 is 17.4. The topological polar surface area (TPSA) is 98.2 Å². The highest BCUT2D eigenvalue weighted by atomic mass is 127. The lowest BCUT2D eigenvalue weighted by molar-refractivity contribution is -0.126. The minimum atomic E-state index is -0.569. The van der Waals surface area contributed by atoms with Crippen LogP contribution in [-0.4, -0.2) is 32.2 Å². The maximum atomic E-state index is 12.2. The molecule has 0 aliphatic carbocycles. The van der Waals surface area contributed by atoms with Crippen molar-refractivity contribution in [3.63, 3.8) is 0 Å². The van der Waals surface area contributed by atoms with Gasteiger partial charge in [-0.25, -0.2) is 5.43 Å². The highest BCUT2D eigenvalue weighted by Gasteiger charge is 2.14. The number of carbonyl (C=O) groups excluding carboxylic acids is 2. The second-order valence-electron chi connectivity index (χ2n) is 7.28. The zero-order valence-electron chi connectivity index (χ0n) is 19.3. The van der Waals surface area contributed by atoms with Gasteiger partial charge in [0.2, 0.25) is 11.8 Å². The summed E-state index contributed by atoms with van der Waals surface area (Å²) in [5.41, 5.74) is 4.26. The van der Waals surface area contributed by atoms with Crippen molar-refractivity contribution in [2.45, 2.75) is 13.0 Å². The standard InChI is InChI=1S/C25H22Cl2IN3O5/c1-34-21-6-4-3-5-20(21)30-23(32)12-24(33)31-29-13-15-9-19(28)25(22(10-15)35-2)36-14-16-7-8-17(26)11-18(16)27/h3-11,13H,12,14H2,1-2H3,(H,30,32)(H,31,33). The molecule has 3 aromatic carbocycles. The fraction of sp³-hybridized carbons (Fsp3) is 0.160. The fourth-order valence-electron chi connectivity index (χ4n) is 3.05. The molecule has 188 valence electrons. The molecule has 0 unspecified atom stereocenters. The number of amides is 2. The molecular formula is C25H22Cl2IN3O5. The first kappa shape index (κ1) is 27.6. The Morgan fingerprint density at radius 1 is 1.00 bits per heavy atom. The van der Waals surface area contributed by atoms with Crippen molar-refractivity contribution in [3.8, 4) is 17.2 Å². The van der Waals surface area contributed by atoms with Gasteiger partial charge in [-0.3, -0.25) is 9.59 Å². The lowest BCUT2D eigenvalue weighted by Gasteiger charge is -2.14. The van der Waals surface area contributed by atoms with Crippen molar-refractivity contribution in [3.05, 3.63) is 79.3 Å². The van der Waals surface area contributed by atoms with E-state index in [-0.39, 0.29) is 6.61 Å². The maximum Gasteiger partial charge on any atom is 0.249 e. The molecular weight excluding hydrogens is 620 g/mol. The Balaban J connectivity index is 1.58. The van der Waals surface area contributed by atoms with Gasteiger partial charge in [-0.2, -0.15) is 5.10 Å². The highest BCUT2D eigenvalue weighted by Crippen LogP contribution is 2.35. The van der Waals surface area contributed by atoms with Gasteiger partial charge in [0.05, 0.1) is 29.7 Å². The van der Waals surface area contributed by atoms with Crippen LogP contribution in [0, 0.1) is 3.57 Å². The normalized spacial score (nSPS) is 10.7. The number of benzene rings is 3. The number of methoxy groups -OCH3 is 2. The summed E-state index contributed by atoms with van der Waals surface area (Å²) in [5.74, 6) is 0.455. The quantitative estimate of drug-likeness (QED) is 0.129. The van der Waals surface area contributed by atoms with E-state index in [2.05, 4.69) is 38.4 Å². The summed E-state index contributed by atoms with van der Waals surface area (Å²) in [4.78, 5) is 24.3. The smallest absolute Gasteiger partial charge is 0.249 e. The summed E-state index contributed by atoms with van der Waals surface area (Å²) >= 11 is 14.3. The van der Waals surface area contributed by atoms with Crippen molar-refractivity contribution in [2.24, 2.45) is 5.10 Å².